The maximum Gasteiger partial charge on any atom is 0.0897 e. The maximum absolute atomic E-state index is 9.85. The van der Waals surface area contributed by atoms with Crippen molar-refractivity contribution in [3.8, 4) is 0 Å². The maximum atomic E-state index is 9.85. The van der Waals surface area contributed by atoms with Crippen molar-refractivity contribution in [2.45, 2.75) is 58.0 Å². The molecule has 0 bridgehead atoms. The number of aliphatic hydroxyl groups excluding tert-OH is 1. The molecule has 0 aliphatic carbocycles. The quantitative estimate of drug-likeness (QED) is 0.613. The molecule has 0 radical (unpaired) electrons. The number of rotatable bonds is 9. The van der Waals surface area contributed by atoms with Crippen molar-refractivity contribution in [2.24, 2.45) is 0 Å². The lowest BCUT2D eigenvalue weighted by Gasteiger charge is -2.30. The zero-order valence-corrected chi connectivity index (χ0v) is 12.6. The summed E-state index contributed by atoms with van der Waals surface area (Å²) in [4.78, 5) is 0. The van der Waals surface area contributed by atoms with Gasteiger partial charge in [0, 0.05) is 18.7 Å². The minimum Gasteiger partial charge on any atom is -0.389 e. The van der Waals surface area contributed by atoms with Gasteiger partial charge in [-0.1, -0.05) is 0 Å². The highest BCUT2D eigenvalue weighted by Gasteiger charge is 2.36. The van der Waals surface area contributed by atoms with Gasteiger partial charge in [-0.15, -0.1) is 0 Å². The highest BCUT2D eigenvalue weighted by Crippen LogP contribution is 2.24. The molecule has 2 N–H and O–H groups in total. The van der Waals surface area contributed by atoms with E-state index in [0.717, 1.165) is 13.0 Å². The zero-order valence-electron chi connectivity index (χ0n) is 12.6. The average Bonchev–Trinajstić information content (AvgIpc) is 2.67. The summed E-state index contributed by atoms with van der Waals surface area (Å²) in [7, 11) is 0. The van der Waals surface area contributed by atoms with Gasteiger partial charge in [-0.2, -0.15) is 0 Å². The van der Waals surface area contributed by atoms with E-state index in [1.54, 1.807) is 0 Å². The van der Waals surface area contributed by atoms with E-state index in [1.807, 2.05) is 13.8 Å². The van der Waals surface area contributed by atoms with E-state index in [-0.39, 0.29) is 17.7 Å². The van der Waals surface area contributed by atoms with E-state index in [0.29, 0.717) is 26.4 Å². The van der Waals surface area contributed by atoms with Crippen LogP contribution in [0.2, 0.25) is 0 Å². The third kappa shape index (κ3) is 6.19. The Balaban J connectivity index is 2.06. The van der Waals surface area contributed by atoms with E-state index in [4.69, 9.17) is 14.2 Å². The summed E-state index contributed by atoms with van der Waals surface area (Å²) in [5.41, 5.74) is -0.0399. The van der Waals surface area contributed by atoms with Crippen LogP contribution in [-0.2, 0) is 14.2 Å². The predicted octanol–water partition coefficient (Wildman–Crippen LogP) is 0.946. The summed E-state index contributed by atoms with van der Waals surface area (Å²) >= 11 is 0. The van der Waals surface area contributed by atoms with Crippen LogP contribution in [-0.4, -0.2) is 61.9 Å². The molecular weight excluding hydrogens is 246 g/mol. The molecule has 0 aromatic carbocycles. The number of hydrogen-bond acceptors (Lipinski definition) is 5. The number of ether oxygens (including phenoxy) is 3. The van der Waals surface area contributed by atoms with Crippen molar-refractivity contribution in [3.63, 3.8) is 0 Å². The van der Waals surface area contributed by atoms with Crippen LogP contribution < -0.4 is 5.32 Å². The third-order valence-electron chi connectivity index (χ3n) is 3.62. The molecule has 0 saturated carbocycles. The third-order valence-corrected chi connectivity index (χ3v) is 3.62. The first kappa shape index (κ1) is 16.9. The van der Waals surface area contributed by atoms with Crippen molar-refractivity contribution < 1.29 is 19.3 Å². The first-order chi connectivity index (χ1) is 8.94. The fourth-order valence-corrected chi connectivity index (χ4v) is 2.04. The van der Waals surface area contributed by atoms with E-state index in [9.17, 15) is 5.11 Å². The van der Waals surface area contributed by atoms with Crippen molar-refractivity contribution in [2.75, 3.05) is 33.0 Å². The Hall–Kier alpha value is -0.200. The smallest absolute Gasteiger partial charge is 0.0897 e. The molecule has 0 aromatic rings. The van der Waals surface area contributed by atoms with Crippen molar-refractivity contribution >= 4 is 0 Å². The SMILES string of the molecule is CC(C)OCCOCC(O)CNC1(C)CCOC1C. The van der Waals surface area contributed by atoms with Crippen LogP contribution in [0.3, 0.4) is 0 Å². The second-order valence-corrected chi connectivity index (χ2v) is 5.71. The number of hydrogen-bond donors (Lipinski definition) is 2. The van der Waals surface area contributed by atoms with Crippen molar-refractivity contribution in [1.82, 2.24) is 5.32 Å². The van der Waals surface area contributed by atoms with E-state index < -0.39 is 6.10 Å². The molecule has 5 nitrogen and oxygen atoms in total. The van der Waals surface area contributed by atoms with Crippen LogP contribution in [0.5, 0.6) is 0 Å². The molecule has 1 aliphatic heterocycles. The molecule has 1 aliphatic rings. The predicted molar refractivity (Wildman–Crippen MR) is 74.4 cm³/mol. The van der Waals surface area contributed by atoms with Crippen molar-refractivity contribution in [1.29, 1.82) is 0 Å². The summed E-state index contributed by atoms with van der Waals surface area (Å²) < 4.78 is 16.3. The Morgan fingerprint density at radius 1 is 1.42 bits per heavy atom. The van der Waals surface area contributed by atoms with Gasteiger partial charge in [-0.3, -0.25) is 0 Å². The Labute approximate surface area is 116 Å². The lowest BCUT2D eigenvalue weighted by atomic mass is 9.94. The fourth-order valence-electron chi connectivity index (χ4n) is 2.04. The Bertz CT molecular complexity index is 250. The normalized spacial score (nSPS) is 29.1. The first-order valence-corrected chi connectivity index (χ1v) is 7.18. The molecular formula is C14H29NO4. The van der Waals surface area contributed by atoms with Crippen molar-refractivity contribution in [3.05, 3.63) is 0 Å². The van der Waals surface area contributed by atoms with Crippen LogP contribution in [0.4, 0.5) is 0 Å². The van der Waals surface area contributed by atoms with E-state index in [2.05, 4.69) is 19.2 Å². The summed E-state index contributed by atoms with van der Waals surface area (Å²) in [5, 5.41) is 13.2. The standard InChI is InChI=1S/C14H29NO4/c1-11(2)18-8-7-17-10-13(16)9-15-14(4)5-6-19-12(14)3/h11-13,15-16H,5-10H2,1-4H3. The topological polar surface area (TPSA) is 60.0 Å². The summed E-state index contributed by atoms with van der Waals surface area (Å²) in [6.07, 6.45) is 0.881. The molecule has 5 heteroatoms. The van der Waals surface area contributed by atoms with Gasteiger partial charge in [0.15, 0.2) is 0 Å². The van der Waals surface area contributed by atoms with Gasteiger partial charge in [-0.05, 0) is 34.1 Å². The van der Waals surface area contributed by atoms with Crippen LogP contribution in [0.25, 0.3) is 0 Å². The average molecular weight is 275 g/mol. The number of β-amino-alcohol motifs (C(OH)–C–C–N with tert-alkyl or cyclic N) is 1. The highest BCUT2D eigenvalue weighted by molar-refractivity contribution is 4.93. The summed E-state index contributed by atoms with van der Waals surface area (Å²) in [5.74, 6) is 0. The monoisotopic (exact) mass is 275 g/mol. The van der Waals surface area contributed by atoms with Gasteiger partial charge < -0.3 is 24.6 Å². The highest BCUT2D eigenvalue weighted by atomic mass is 16.5. The van der Waals surface area contributed by atoms with E-state index >= 15 is 0 Å². The minimum atomic E-state index is -0.497. The Morgan fingerprint density at radius 3 is 2.74 bits per heavy atom. The van der Waals surface area contributed by atoms with Gasteiger partial charge in [0.2, 0.25) is 0 Å². The molecule has 0 spiro atoms. The molecule has 19 heavy (non-hydrogen) atoms. The fraction of sp³-hybridized carbons (Fsp3) is 1.00. The molecule has 0 aromatic heterocycles. The van der Waals surface area contributed by atoms with Gasteiger partial charge >= 0.3 is 0 Å². The first-order valence-electron chi connectivity index (χ1n) is 7.18. The number of aliphatic hydroxyl groups is 1. The minimum absolute atomic E-state index is 0.0399. The molecule has 1 rings (SSSR count). The van der Waals surface area contributed by atoms with E-state index in [1.165, 1.54) is 0 Å². The van der Waals surface area contributed by atoms with Crippen LogP contribution in [0, 0.1) is 0 Å². The lowest BCUT2D eigenvalue weighted by Crippen LogP contribution is -2.50. The molecule has 1 fully saturated rings. The molecule has 1 saturated heterocycles. The summed E-state index contributed by atoms with van der Waals surface area (Å²) in [6, 6.07) is 0. The Morgan fingerprint density at radius 2 is 2.16 bits per heavy atom. The molecule has 0 amide bonds. The van der Waals surface area contributed by atoms with Gasteiger partial charge in [0.25, 0.3) is 0 Å². The van der Waals surface area contributed by atoms with Gasteiger partial charge in [-0.25, -0.2) is 0 Å². The largest absolute Gasteiger partial charge is 0.389 e. The second kappa shape index (κ2) is 8.17. The van der Waals surface area contributed by atoms with Gasteiger partial charge in [0.1, 0.15) is 0 Å². The van der Waals surface area contributed by atoms with Crippen LogP contribution in [0.15, 0.2) is 0 Å². The second-order valence-electron chi connectivity index (χ2n) is 5.71. The molecule has 3 unspecified atom stereocenters. The lowest BCUT2D eigenvalue weighted by molar-refractivity contribution is -0.0126. The van der Waals surface area contributed by atoms with Gasteiger partial charge in [0.05, 0.1) is 38.1 Å². The van der Waals surface area contributed by atoms with Crippen LogP contribution >= 0.6 is 0 Å². The van der Waals surface area contributed by atoms with Crippen LogP contribution in [0.1, 0.15) is 34.1 Å². The molecule has 114 valence electrons. The molecule has 3 atom stereocenters. The zero-order chi connectivity index (χ0) is 14.3. The summed E-state index contributed by atoms with van der Waals surface area (Å²) in [6.45, 7) is 10.9. The Kier molecular flexibility index (Phi) is 7.25. The number of nitrogens with one attached hydrogen (secondary N) is 1. The molecule has 1 heterocycles.